The second-order valence-corrected chi connectivity index (χ2v) is 4.26. The number of aromatic nitrogens is 1. The van der Waals surface area contributed by atoms with Crippen LogP contribution >= 0.6 is 0 Å². The van der Waals surface area contributed by atoms with E-state index in [1.54, 1.807) is 11.0 Å². The number of amides is 1. The summed E-state index contributed by atoms with van der Waals surface area (Å²) in [5.41, 5.74) is 0. The Labute approximate surface area is 94.8 Å². The summed E-state index contributed by atoms with van der Waals surface area (Å²) in [7, 11) is 1.81. The summed E-state index contributed by atoms with van der Waals surface area (Å²) >= 11 is 0. The number of nitrogens with one attached hydrogen (secondary N) is 1. The number of rotatable bonds is 3. The fourth-order valence-electron chi connectivity index (χ4n) is 2.05. The molecule has 1 aromatic heterocycles. The van der Waals surface area contributed by atoms with Crippen molar-refractivity contribution in [1.29, 1.82) is 0 Å². The van der Waals surface area contributed by atoms with Gasteiger partial charge in [0.05, 0.1) is 6.20 Å². The van der Waals surface area contributed by atoms with E-state index < -0.39 is 0 Å². The number of piperidine rings is 1. The van der Waals surface area contributed by atoms with Crippen molar-refractivity contribution >= 4 is 5.91 Å². The van der Waals surface area contributed by atoms with E-state index in [-0.39, 0.29) is 5.91 Å². The lowest BCUT2D eigenvalue weighted by atomic mass is 9.98. The van der Waals surface area contributed by atoms with Gasteiger partial charge in [0.15, 0.2) is 0 Å². The van der Waals surface area contributed by atoms with Crippen molar-refractivity contribution in [2.45, 2.75) is 12.8 Å². The molecule has 16 heavy (non-hydrogen) atoms. The van der Waals surface area contributed by atoms with E-state index in [0.717, 1.165) is 32.5 Å². The first-order valence-corrected chi connectivity index (χ1v) is 5.64. The Hall–Kier alpha value is -1.36. The third-order valence-corrected chi connectivity index (χ3v) is 2.99. The highest BCUT2D eigenvalue weighted by atomic mass is 16.5. The molecule has 0 aromatic carbocycles. The van der Waals surface area contributed by atoms with Crippen LogP contribution in [0.4, 0.5) is 0 Å². The lowest BCUT2D eigenvalue weighted by Gasteiger charge is -2.26. The number of hydrogen-bond donors (Lipinski definition) is 1. The van der Waals surface area contributed by atoms with E-state index >= 15 is 0 Å². The van der Waals surface area contributed by atoms with E-state index in [1.807, 2.05) is 7.05 Å². The van der Waals surface area contributed by atoms with Gasteiger partial charge < -0.3 is 14.7 Å². The summed E-state index contributed by atoms with van der Waals surface area (Å²) in [6.07, 6.45) is 3.76. The normalized spacial score (nSPS) is 17.3. The van der Waals surface area contributed by atoms with Gasteiger partial charge in [-0.2, -0.15) is 0 Å². The zero-order chi connectivity index (χ0) is 11.4. The van der Waals surface area contributed by atoms with E-state index in [2.05, 4.69) is 10.5 Å². The SMILES string of the molecule is CN(CC1CCNCC1)C(=O)c1ccno1. The molecule has 2 rings (SSSR count). The molecule has 0 aliphatic carbocycles. The highest BCUT2D eigenvalue weighted by Crippen LogP contribution is 2.14. The monoisotopic (exact) mass is 223 g/mol. The molecular formula is C11H17N3O2. The molecule has 1 aromatic rings. The van der Waals surface area contributed by atoms with Crippen LogP contribution in [-0.4, -0.2) is 42.6 Å². The Bertz CT molecular complexity index is 331. The minimum atomic E-state index is -0.0870. The number of carbonyl (C=O) groups excluding carboxylic acids is 1. The van der Waals surface area contributed by atoms with Gasteiger partial charge in [0, 0.05) is 19.7 Å². The van der Waals surface area contributed by atoms with Crippen molar-refractivity contribution in [3.8, 4) is 0 Å². The smallest absolute Gasteiger partial charge is 0.292 e. The minimum Gasteiger partial charge on any atom is -0.351 e. The van der Waals surface area contributed by atoms with Crippen LogP contribution in [0.1, 0.15) is 23.4 Å². The van der Waals surface area contributed by atoms with Gasteiger partial charge in [-0.3, -0.25) is 4.79 Å². The summed E-state index contributed by atoms with van der Waals surface area (Å²) in [5.74, 6) is 0.825. The second kappa shape index (κ2) is 5.12. The zero-order valence-electron chi connectivity index (χ0n) is 9.48. The Balaban J connectivity index is 1.87. The summed E-state index contributed by atoms with van der Waals surface area (Å²) in [6, 6.07) is 1.60. The molecule has 1 N–H and O–H groups in total. The maximum Gasteiger partial charge on any atom is 0.292 e. The van der Waals surface area contributed by atoms with Crippen LogP contribution in [0, 0.1) is 5.92 Å². The van der Waals surface area contributed by atoms with E-state index in [0.29, 0.717) is 11.7 Å². The van der Waals surface area contributed by atoms with Crippen LogP contribution in [0.5, 0.6) is 0 Å². The second-order valence-electron chi connectivity index (χ2n) is 4.26. The Morgan fingerprint density at radius 2 is 2.38 bits per heavy atom. The number of hydrogen-bond acceptors (Lipinski definition) is 4. The highest BCUT2D eigenvalue weighted by Gasteiger charge is 2.20. The lowest BCUT2D eigenvalue weighted by molar-refractivity contribution is 0.0721. The molecule has 1 fully saturated rings. The third kappa shape index (κ3) is 2.61. The molecule has 1 amide bonds. The molecule has 0 atom stereocenters. The molecule has 5 heteroatoms. The quantitative estimate of drug-likeness (QED) is 0.821. The number of nitrogens with zero attached hydrogens (tertiary/aromatic N) is 2. The highest BCUT2D eigenvalue weighted by molar-refractivity contribution is 5.91. The molecule has 88 valence electrons. The molecule has 0 spiro atoms. The van der Waals surface area contributed by atoms with E-state index in [9.17, 15) is 4.79 Å². The fraction of sp³-hybridized carbons (Fsp3) is 0.636. The summed E-state index contributed by atoms with van der Waals surface area (Å²) in [6.45, 7) is 2.89. The largest absolute Gasteiger partial charge is 0.351 e. The van der Waals surface area contributed by atoms with Crippen LogP contribution in [0.2, 0.25) is 0 Å². The molecule has 1 saturated heterocycles. The van der Waals surface area contributed by atoms with Crippen LogP contribution in [0.15, 0.2) is 16.8 Å². The van der Waals surface area contributed by atoms with Gasteiger partial charge in [0.2, 0.25) is 5.76 Å². The van der Waals surface area contributed by atoms with Crippen molar-refractivity contribution in [3.05, 3.63) is 18.0 Å². The first-order valence-electron chi connectivity index (χ1n) is 5.64. The molecule has 0 bridgehead atoms. The third-order valence-electron chi connectivity index (χ3n) is 2.99. The van der Waals surface area contributed by atoms with Gasteiger partial charge in [-0.05, 0) is 31.8 Å². The topological polar surface area (TPSA) is 58.4 Å². The van der Waals surface area contributed by atoms with Crippen LogP contribution in [-0.2, 0) is 0 Å². The van der Waals surface area contributed by atoms with E-state index in [1.165, 1.54) is 6.20 Å². The standard InChI is InChI=1S/C11H17N3O2/c1-14(8-9-2-5-12-6-3-9)11(15)10-4-7-13-16-10/h4,7,9,12H,2-3,5-6,8H2,1H3. The molecule has 0 unspecified atom stereocenters. The van der Waals surface area contributed by atoms with Gasteiger partial charge in [-0.25, -0.2) is 0 Å². The van der Waals surface area contributed by atoms with Crippen molar-refractivity contribution in [1.82, 2.24) is 15.4 Å². The van der Waals surface area contributed by atoms with Crippen molar-refractivity contribution in [3.63, 3.8) is 0 Å². The molecule has 1 aliphatic heterocycles. The lowest BCUT2D eigenvalue weighted by Crippen LogP contribution is -2.37. The van der Waals surface area contributed by atoms with Crippen molar-refractivity contribution in [2.75, 3.05) is 26.7 Å². The van der Waals surface area contributed by atoms with Gasteiger partial charge in [0.25, 0.3) is 5.91 Å². The predicted molar refractivity (Wildman–Crippen MR) is 59.1 cm³/mol. The average Bonchev–Trinajstić information content (AvgIpc) is 2.83. The molecule has 0 radical (unpaired) electrons. The Morgan fingerprint density at radius 1 is 1.62 bits per heavy atom. The Kier molecular flexibility index (Phi) is 3.56. The van der Waals surface area contributed by atoms with Gasteiger partial charge in [-0.15, -0.1) is 0 Å². The minimum absolute atomic E-state index is 0.0870. The van der Waals surface area contributed by atoms with Gasteiger partial charge >= 0.3 is 0 Å². The predicted octanol–water partition coefficient (Wildman–Crippen LogP) is 0.746. The molecular weight excluding hydrogens is 206 g/mol. The molecule has 1 aliphatic rings. The maximum absolute atomic E-state index is 11.9. The maximum atomic E-state index is 11.9. The van der Waals surface area contributed by atoms with Crippen LogP contribution in [0.3, 0.4) is 0 Å². The molecule has 5 nitrogen and oxygen atoms in total. The molecule has 2 heterocycles. The zero-order valence-corrected chi connectivity index (χ0v) is 9.48. The summed E-state index contributed by atoms with van der Waals surface area (Å²) in [4.78, 5) is 13.6. The summed E-state index contributed by atoms with van der Waals surface area (Å²) < 4.78 is 4.85. The van der Waals surface area contributed by atoms with Gasteiger partial charge in [0.1, 0.15) is 0 Å². The summed E-state index contributed by atoms with van der Waals surface area (Å²) in [5, 5.41) is 6.85. The van der Waals surface area contributed by atoms with E-state index in [4.69, 9.17) is 4.52 Å². The first-order chi connectivity index (χ1) is 7.77. The van der Waals surface area contributed by atoms with Crippen LogP contribution in [0.25, 0.3) is 0 Å². The van der Waals surface area contributed by atoms with Gasteiger partial charge in [-0.1, -0.05) is 5.16 Å². The van der Waals surface area contributed by atoms with Crippen molar-refractivity contribution < 1.29 is 9.32 Å². The van der Waals surface area contributed by atoms with Crippen LogP contribution < -0.4 is 5.32 Å². The molecule has 0 saturated carbocycles. The van der Waals surface area contributed by atoms with Crippen molar-refractivity contribution in [2.24, 2.45) is 5.92 Å². The average molecular weight is 223 g/mol. The Morgan fingerprint density at radius 3 is 3.00 bits per heavy atom. The first kappa shape index (κ1) is 11.1. The fourth-order valence-corrected chi connectivity index (χ4v) is 2.05. The number of carbonyl (C=O) groups is 1.